The number of carbonyl (C=O) groups excluding carboxylic acids is 1. The summed E-state index contributed by atoms with van der Waals surface area (Å²) in [5.74, 6) is 1.89. The van der Waals surface area contributed by atoms with Crippen molar-refractivity contribution in [3.63, 3.8) is 0 Å². The number of benzene rings is 1. The lowest BCUT2D eigenvalue weighted by Crippen LogP contribution is -2.58. The Hall–Kier alpha value is -1.92. The number of nitrogens with one attached hydrogen (secondary N) is 1. The third-order valence-electron chi connectivity index (χ3n) is 11.7. The van der Waals surface area contributed by atoms with E-state index in [2.05, 4.69) is 26.1 Å². The van der Waals surface area contributed by atoms with E-state index in [0.717, 1.165) is 32.1 Å². The maximum atomic E-state index is 12.7. The summed E-state index contributed by atoms with van der Waals surface area (Å²) in [4.78, 5) is 23.7. The van der Waals surface area contributed by atoms with Crippen molar-refractivity contribution in [1.29, 1.82) is 0 Å². The molecule has 0 aliphatic heterocycles. The molecule has 0 saturated heterocycles. The molecular formula is C31H45NO5. The summed E-state index contributed by atoms with van der Waals surface area (Å²) < 4.78 is 0. The van der Waals surface area contributed by atoms with Gasteiger partial charge in [0.15, 0.2) is 0 Å². The zero-order valence-electron chi connectivity index (χ0n) is 22.7. The van der Waals surface area contributed by atoms with Crippen molar-refractivity contribution in [2.24, 2.45) is 46.3 Å². The largest absolute Gasteiger partial charge is 0.478 e. The number of hydrogen-bond acceptors (Lipinski definition) is 4. The van der Waals surface area contributed by atoms with Gasteiger partial charge in [0.25, 0.3) is 0 Å². The Morgan fingerprint density at radius 1 is 0.973 bits per heavy atom. The molecule has 1 aromatic carbocycles. The molecule has 1 amide bonds. The quantitative estimate of drug-likeness (QED) is 0.390. The number of carboxylic acids is 1. The molecular weight excluding hydrogens is 466 g/mol. The number of carboxylic acid groups (broad SMARTS) is 1. The van der Waals surface area contributed by atoms with E-state index in [4.69, 9.17) is 5.11 Å². The maximum absolute atomic E-state index is 12.7. The molecule has 4 aliphatic rings. The molecule has 1 aromatic rings. The van der Waals surface area contributed by atoms with Gasteiger partial charge in [0.05, 0.1) is 17.8 Å². The average Bonchev–Trinajstić information content (AvgIpc) is 3.21. The highest BCUT2D eigenvalue weighted by molar-refractivity contribution is 5.92. The van der Waals surface area contributed by atoms with Crippen molar-refractivity contribution < 1.29 is 24.9 Å². The number of aromatic carboxylic acids is 1. The van der Waals surface area contributed by atoms with Gasteiger partial charge in [0, 0.05) is 12.1 Å². The van der Waals surface area contributed by atoms with Crippen LogP contribution in [0.5, 0.6) is 0 Å². The van der Waals surface area contributed by atoms with Gasteiger partial charge in [-0.3, -0.25) is 4.79 Å². The van der Waals surface area contributed by atoms with Crippen LogP contribution in [0, 0.1) is 46.3 Å². The molecule has 0 heterocycles. The Bertz CT molecular complexity index is 1010. The zero-order chi connectivity index (χ0) is 26.5. The van der Waals surface area contributed by atoms with Gasteiger partial charge in [-0.1, -0.05) is 20.8 Å². The topological polar surface area (TPSA) is 107 Å². The molecule has 0 radical (unpaired) electrons. The Kier molecular flexibility index (Phi) is 7.21. The molecule has 4 N–H and O–H groups in total. The van der Waals surface area contributed by atoms with E-state index in [1.54, 1.807) is 12.1 Å². The summed E-state index contributed by atoms with van der Waals surface area (Å²) >= 11 is 0. The smallest absolute Gasteiger partial charge is 0.335 e. The molecule has 6 nitrogen and oxygen atoms in total. The van der Waals surface area contributed by atoms with Gasteiger partial charge in [-0.25, -0.2) is 4.79 Å². The lowest BCUT2D eigenvalue weighted by molar-refractivity contribution is -0.174. The van der Waals surface area contributed by atoms with Crippen LogP contribution >= 0.6 is 0 Å². The van der Waals surface area contributed by atoms with Crippen LogP contribution in [0.15, 0.2) is 24.3 Å². The predicted molar refractivity (Wildman–Crippen MR) is 143 cm³/mol. The number of anilines is 1. The second-order valence-corrected chi connectivity index (χ2v) is 13.4. The molecule has 0 unspecified atom stereocenters. The third kappa shape index (κ3) is 4.73. The molecule has 4 aliphatic carbocycles. The van der Waals surface area contributed by atoms with E-state index in [9.17, 15) is 19.8 Å². The van der Waals surface area contributed by atoms with Crippen molar-refractivity contribution in [3.8, 4) is 0 Å². The van der Waals surface area contributed by atoms with Crippen LogP contribution in [0.1, 0.15) is 95.3 Å². The molecule has 10 atom stereocenters. The minimum absolute atomic E-state index is 0.0283. The number of aliphatic hydroxyl groups is 2. The van der Waals surface area contributed by atoms with Crippen molar-refractivity contribution in [1.82, 2.24) is 0 Å². The van der Waals surface area contributed by atoms with E-state index in [0.29, 0.717) is 47.6 Å². The summed E-state index contributed by atoms with van der Waals surface area (Å²) in [6.07, 6.45) is 9.24. The van der Waals surface area contributed by atoms with Crippen molar-refractivity contribution in [2.45, 2.75) is 97.2 Å². The molecule has 37 heavy (non-hydrogen) atoms. The first-order chi connectivity index (χ1) is 17.5. The lowest BCUT2D eigenvalue weighted by Gasteiger charge is -2.62. The highest BCUT2D eigenvalue weighted by Gasteiger charge is 2.62. The number of rotatable bonds is 6. The van der Waals surface area contributed by atoms with Gasteiger partial charge in [0.2, 0.25) is 5.91 Å². The van der Waals surface area contributed by atoms with Gasteiger partial charge in [0.1, 0.15) is 0 Å². The molecule has 4 saturated carbocycles. The number of aliphatic hydroxyl groups excluding tert-OH is 2. The van der Waals surface area contributed by atoms with Gasteiger partial charge in [-0.2, -0.15) is 0 Å². The molecule has 0 spiro atoms. The van der Waals surface area contributed by atoms with Crippen molar-refractivity contribution >= 4 is 17.6 Å². The van der Waals surface area contributed by atoms with Gasteiger partial charge in [-0.05, 0) is 128 Å². The van der Waals surface area contributed by atoms with Crippen LogP contribution in [0.4, 0.5) is 5.69 Å². The molecule has 6 heteroatoms. The summed E-state index contributed by atoms with van der Waals surface area (Å²) in [7, 11) is 0. The van der Waals surface area contributed by atoms with Crippen LogP contribution in [-0.4, -0.2) is 39.4 Å². The SMILES string of the molecule is C[C@H](CCC(=O)Nc1ccc(C(=O)O)cc1)[C@H]1CC[C@H]2[C@@H]3[C@@H](O)C[C@@H]4C[C@H](O)CC[C@]4(C)[C@H]3CC[C@]12C. The van der Waals surface area contributed by atoms with Crippen molar-refractivity contribution in [2.75, 3.05) is 5.32 Å². The fourth-order valence-electron chi connectivity index (χ4n) is 9.66. The van der Waals surface area contributed by atoms with E-state index < -0.39 is 5.97 Å². The normalized spacial score (nSPS) is 41.7. The number of hydrogen-bond donors (Lipinski definition) is 4. The molecule has 5 rings (SSSR count). The Labute approximate surface area is 221 Å². The highest BCUT2D eigenvalue weighted by Crippen LogP contribution is 2.68. The molecule has 204 valence electrons. The molecule has 0 bridgehead atoms. The second-order valence-electron chi connectivity index (χ2n) is 13.4. The van der Waals surface area contributed by atoms with Crippen LogP contribution in [0.3, 0.4) is 0 Å². The number of fused-ring (bicyclic) bond motifs is 5. The average molecular weight is 512 g/mol. The minimum Gasteiger partial charge on any atom is -0.478 e. The first-order valence-corrected chi connectivity index (χ1v) is 14.5. The first-order valence-electron chi connectivity index (χ1n) is 14.5. The van der Waals surface area contributed by atoms with Crippen LogP contribution in [-0.2, 0) is 4.79 Å². The van der Waals surface area contributed by atoms with Gasteiger partial charge >= 0.3 is 5.97 Å². The minimum atomic E-state index is -0.976. The summed E-state index contributed by atoms with van der Waals surface area (Å²) in [5.41, 5.74) is 1.29. The van der Waals surface area contributed by atoms with E-state index in [1.807, 2.05) is 0 Å². The van der Waals surface area contributed by atoms with Gasteiger partial charge < -0.3 is 20.6 Å². The zero-order valence-corrected chi connectivity index (χ0v) is 22.7. The standard InChI is InChI=1S/C31H45NO5/c1-18(4-11-27(35)32-21-7-5-19(6-8-21)29(36)37)23-9-10-24-28-25(13-15-31(23,24)3)30(2)14-12-22(33)16-20(30)17-26(28)34/h5-8,18,20,22-26,28,33-34H,4,9-17H2,1-3H3,(H,32,35)(H,36,37)/t18-,20+,22-,23-,24+,25+,26+,28+,30+,31-/m1/s1. The van der Waals surface area contributed by atoms with Crippen LogP contribution in [0.25, 0.3) is 0 Å². The van der Waals surface area contributed by atoms with E-state index in [-0.39, 0.29) is 34.5 Å². The Morgan fingerprint density at radius 2 is 1.65 bits per heavy atom. The molecule has 4 fully saturated rings. The Balaban J connectivity index is 1.21. The van der Waals surface area contributed by atoms with Crippen molar-refractivity contribution in [3.05, 3.63) is 29.8 Å². The van der Waals surface area contributed by atoms with Gasteiger partial charge in [-0.15, -0.1) is 0 Å². The monoisotopic (exact) mass is 511 g/mol. The fraction of sp³-hybridized carbons (Fsp3) is 0.742. The maximum Gasteiger partial charge on any atom is 0.335 e. The van der Waals surface area contributed by atoms with E-state index >= 15 is 0 Å². The lowest BCUT2D eigenvalue weighted by atomic mass is 9.43. The Morgan fingerprint density at radius 3 is 2.35 bits per heavy atom. The van der Waals surface area contributed by atoms with E-state index in [1.165, 1.54) is 37.8 Å². The fourth-order valence-corrected chi connectivity index (χ4v) is 9.66. The summed E-state index contributed by atoms with van der Waals surface area (Å²) in [5, 5.41) is 33.7. The number of carbonyl (C=O) groups is 2. The first kappa shape index (κ1) is 26.7. The number of amides is 1. The van der Waals surface area contributed by atoms with Crippen LogP contribution in [0.2, 0.25) is 0 Å². The third-order valence-corrected chi connectivity index (χ3v) is 11.7. The second kappa shape index (κ2) is 10.00. The highest BCUT2D eigenvalue weighted by atomic mass is 16.4. The summed E-state index contributed by atoms with van der Waals surface area (Å²) in [6.45, 7) is 7.23. The van der Waals surface area contributed by atoms with Crippen LogP contribution < -0.4 is 5.32 Å². The molecule has 0 aromatic heterocycles. The summed E-state index contributed by atoms with van der Waals surface area (Å²) in [6, 6.07) is 6.29. The predicted octanol–water partition coefficient (Wildman–Crippen LogP) is 5.73.